The van der Waals surface area contributed by atoms with E-state index in [1.165, 1.54) is 13.0 Å². The van der Waals surface area contributed by atoms with Crippen molar-refractivity contribution in [1.29, 1.82) is 0 Å². The Morgan fingerprint density at radius 3 is 2.59 bits per heavy atom. The molecule has 0 unspecified atom stereocenters. The van der Waals surface area contributed by atoms with Crippen molar-refractivity contribution in [2.45, 2.75) is 33.8 Å². The number of methoxy groups -OCH3 is 1. The second kappa shape index (κ2) is 9.73. The van der Waals surface area contributed by atoms with Crippen molar-refractivity contribution in [3.05, 3.63) is 58.4 Å². The lowest BCUT2D eigenvalue weighted by Gasteiger charge is -2.10. The Kier molecular flexibility index (Phi) is 7.36. The van der Waals surface area contributed by atoms with E-state index in [9.17, 15) is 14.4 Å². The zero-order valence-corrected chi connectivity index (χ0v) is 17.2. The van der Waals surface area contributed by atoms with Crippen LogP contribution in [0.2, 0.25) is 0 Å². The lowest BCUT2D eigenvalue weighted by atomic mass is 10.1. The summed E-state index contributed by atoms with van der Waals surface area (Å²) in [5.41, 5.74) is 2.31. The molecule has 0 bridgehead atoms. The van der Waals surface area contributed by atoms with Gasteiger partial charge in [0.05, 0.1) is 25.0 Å². The molecule has 0 fully saturated rings. The van der Waals surface area contributed by atoms with Crippen molar-refractivity contribution in [3.63, 3.8) is 0 Å². The zero-order chi connectivity index (χ0) is 21.6. The third-order valence-corrected chi connectivity index (χ3v) is 4.33. The van der Waals surface area contributed by atoms with Gasteiger partial charge in [-0.15, -0.1) is 0 Å². The van der Waals surface area contributed by atoms with Gasteiger partial charge in [0, 0.05) is 11.8 Å². The van der Waals surface area contributed by atoms with E-state index in [2.05, 4.69) is 4.98 Å². The van der Waals surface area contributed by atoms with Crippen molar-refractivity contribution in [1.82, 2.24) is 4.98 Å². The van der Waals surface area contributed by atoms with E-state index in [-0.39, 0.29) is 12.3 Å². The monoisotopic (exact) mass is 399 g/mol. The number of ether oxygens (including phenoxy) is 3. The molecule has 0 radical (unpaired) electrons. The van der Waals surface area contributed by atoms with E-state index >= 15 is 0 Å². The topological polar surface area (TPSA) is 94.7 Å². The SMILES string of the molecule is CCOC(=O)c1c(C)[nH]c(C(=O)[C@@H](C)OC(=O)/C=C/c2cccc(OC)c2)c1C. The van der Waals surface area contributed by atoms with Crippen molar-refractivity contribution in [2.24, 2.45) is 0 Å². The van der Waals surface area contributed by atoms with Gasteiger partial charge < -0.3 is 19.2 Å². The normalized spacial score (nSPS) is 11.9. The van der Waals surface area contributed by atoms with Gasteiger partial charge in [0.15, 0.2) is 6.10 Å². The number of aryl methyl sites for hydroxylation is 1. The van der Waals surface area contributed by atoms with E-state index in [4.69, 9.17) is 14.2 Å². The maximum absolute atomic E-state index is 12.7. The molecule has 7 heteroatoms. The Hall–Kier alpha value is -3.35. The second-order valence-electron chi connectivity index (χ2n) is 6.40. The summed E-state index contributed by atoms with van der Waals surface area (Å²) in [4.78, 5) is 39.8. The molecule has 7 nitrogen and oxygen atoms in total. The molecule has 1 atom stereocenters. The van der Waals surface area contributed by atoms with Crippen LogP contribution < -0.4 is 4.74 Å². The van der Waals surface area contributed by atoms with Gasteiger partial charge in [0.1, 0.15) is 5.75 Å². The molecular weight excluding hydrogens is 374 g/mol. The molecule has 0 saturated carbocycles. The van der Waals surface area contributed by atoms with Crippen LogP contribution in [0, 0.1) is 13.8 Å². The molecule has 0 aliphatic carbocycles. The molecule has 0 aliphatic rings. The zero-order valence-electron chi connectivity index (χ0n) is 17.2. The van der Waals surface area contributed by atoms with Crippen LogP contribution in [0.3, 0.4) is 0 Å². The maximum Gasteiger partial charge on any atom is 0.340 e. The standard InChI is InChI=1S/C22H25NO6/c1-6-28-22(26)19-13(2)20(23-14(19)3)21(25)15(4)29-18(24)11-10-16-8-7-9-17(12-16)27-5/h7-12,15,23H,6H2,1-5H3/b11-10+/t15-/m1/s1. The fourth-order valence-corrected chi connectivity index (χ4v) is 2.89. The molecule has 1 aromatic heterocycles. The maximum atomic E-state index is 12.7. The molecule has 1 N–H and O–H groups in total. The molecule has 0 amide bonds. The van der Waals surface area contributed by atoms with Gasteiger partial charge in [-0.25, -0.2) is 9.59 Å². The van der Waals surface area contributed by atoms with Gasteiger partial charge in [0.2, 0.25) is 5.78 Å². The van der Waals surface area contributed by atoms with Crippen LogP contribution in [0.15, 0.2) is 30.3 Å². The Bertz CT molecular complexity index is 941. The first-order valence-corrected chi connectivity index (χ1v) is 9.21. The number of aromatic nitrogens is 1. The molecule has 29 heavy (non-hydrogen) atoms. The van der Waals surface area contributed by atoms with E-state index in [1.807, 2.05) is 6.07 Å². The van der Waals surface area contributed by atoms with Crippen molar-refractivity contribution < 1.29 is 28.6 Å². The van der Waals surface area contributed by atoms with Crippen molar-refractivity contribution in [3.8, 4) is 5.75 Å². The Morgan fingerprint density at radius 2 is 1.93 bits per heavy atom. The molecule has 0 saturated heterocycles. The predicted octanol–water partition coefficient (Wildman–Crippen LogP) is 3.64. The van der Waals surface area contributed by atoms with E-state index in [0.29, 0.717) is 22.6 Å². The number of esters is 2. The number of ketones is 1. The Labute approximate surface area is 169 Å². The summed E-state index contributed by atoms with van der Waals surface area (Å²) in [5.74, 6) is -0.910. The summed E-state index contributed by atoms with van der Waals surface area (Å²) >= 11 is 0. The summed E-state index contributed by atoms with van der Waals surface area (Å²) < 4.78 is 15.4. The molecule has 2 rings (SSSR count). The summed E-state index contributed by atoms with van der Waals surface area (Å²) in [7, 11) is 1.56. The lowest BCUT2D eigenvalue weighted by molar-refractivity contribution is -0.140. The molecule has 1 heterocycles. The first-order chi connectivity index (χ1) is 13.8. The van der Waals surface area contributed by atoms with Gasteiger partial charge in [-0.05, 0) is 57.0 Å². The fourth-order valence-electron chi connectivity index (χ4n) is 2.89. The van der Waals surface area contributed by atoms with Gasteiger partial charge >= 0.3 is 11.9 Å². The van der Waals surface area contributed by atoms with Crippen LogP contribution in [0.1, 0.15) is 51.5 Å². The number of H-pyrrole nitrogens is 1. The number of aromatic amines is 1. The van der Waals surface area contributed by atoms with Gasteiger partial charge in [-0.3, -0.25) is 4.79 Å². The van der Waals surface area contributed by atoms with Crippen LogP contribution in [0.4, 0.5) is 0 Å². The van der Waals surface area contributed by atoms with Crippen LogP contribution in [0.5, 0.6) is 5.75 Å². The molecule has 1 aromatic carbocycles. The van der Waals surface area contributed by atoms with Crippen LogP contribution >= 0.6 is 0 Å². The highest BCUT2D eigenvalue weighted by Crippen LogP contribution is 2.21. The smallest absolute Gasteiger partial charge is 0.340 e. The molecule has 0 aliphatic heterocycles. The third kappa shape index (κ3) is 5.34. The number of carbonyl (C=O) groups is 3. The molecule has 154 valence electrons. The van der Waals surface area contributed by atoms with Crippen LogP contribution in [-0.4, -0.2) is 42.5 Å². The fraction of sp³-hybridized carbons (Fsp3) is 0.318. The van der Waals surface area contributed by atoms with E-state index < -0.39 is 23.8 Å². The van der Waals surface area contributed by atoms with Crippen LogP contribution in [0.25, 0.3) is 6.08 Å². The highest BCUT2D eigenvalue weighted by atomic mass is 16.5. The minimum absolute atomic E-state index is 0.225. The van der Waals surface area contributed by atoms with E-state index in [1.54, 1.807) is 52.2 Å². The molecule has 0 spiro atoms. The highest BCUT2D eigenvalue weighted by molar-refractivity contribution is 6.04. The van der Waals surface area contributed by atoms with Crippen molar-refractivity contribution in [2.75, 3.05) is 13.7 Å². The molecule has 2 aromatic rings. The van der Waals surface area contributed by atoms with E-state index in [0.717, 1.165) is 5.56 Å². The summed E-state index contributed by atoms with van der Waals surface area (Å²) in [5, 5.41) is 0. The summed E-state index contributed by atoms with van der Waals surface area (Å²) in [6.45, 7) is 6.77. The minimum Gasteiger partial charge on any atom is -0.497 e. The van der Waals surface area contributed by atoms with Crippen LogP contribution in [-0.2, 0) is 14.3 Å². The number of nitrogens with one attached hydrogen (secondary N) is 1. The third-order valence-electron chi connectivity index (χ3n) is 4.33. The van der Waals surface area contributed by atoms with Gasteiger partial charge in [-0.2, -0.15) is 0 Å². The lowest BCUT2D eigenvalue weighted by Crippen LogP contribution is -2.24. The first-order valence-electron chi connectivity index (χ1n) is 9.21. The largest absolute Gasteiger partial charge is 0.497 e. The molecular formula is C22H25NO6. The number of hydrogen-bond donors (Lipinski definition) is 1. The Balaban J connectivity index is 2.08. The van der Waals surface area contributed by atoms with Gasteiger partial charge in [0.25, 0.3) is 0 Å². The van der Waals surface area contributed by atoms with Gasteiger partial charge in [-0.1, -0.05) is 12.1 Å². The van der Waals surface area contributed by atoms with Crippen molar-refractivity contribution >= 4 is 23.8 Å². The number of Topliss-reactive ketones (excluding diaryl/α,β-unsaturated/α-hetero) is 1. The predicted molar refractivity (Wildman–Crippen MR) is 108 cm³/mol. The second-order valence-corrected chi connectivity index (χ2v) is 6.40. The quantitative estimate of drug-likeness (QED) is 0.414. The average Bonchev–Trinajstić information content (AvgIpc) is 3.00. The Morgan fingerprint density at radius 1 is 1.21 bits per heavy atom. The number of hydrogen-bond acceptors (Lipinski definition) is 6. The summed E-state index contributed by atoms with van der Waals surface area (Å²) in [6.07, 6.45) is 1.80. The average molecular weight is 399 g/mol. The summed E-state index contributed by atoms with van der Waals surface area (Å²) in [6, 6.07) is 7.16. The number of rotatable bonds is 8. The highest BCUT2D eigenvalue weighted by Gasteiger charge is 2.27. The number of carbonyl (C=O) groups excluding carboxylic acids is 3. The minimum atomic E-state index is -1.02. The number of benzene rings is 1. The first kappa shape index (κ1) is 21.9.